The van der Waals surface area contributed by atoms with Gasteiger partial charge in [0.15, 0.2) is 0 Å². The molecule has 2 amide bonds. The smallest absolute Gasteiger partial charge is 0.405 e. The van der Waals surface area contributed by atoms with Crippen LogP contribution in [0.15, 0.2) is 48.8 Å². The summed E-state index contributed by atoms with van der Waals surface area (Å²) in [5, 5.41) is 2.67. The van der Waals surface area contributed by atoms with E-state index >= 15 is 0 Å². The molecule has 2 rings (SSSR count). The lowest BCUT2D eigenvalue weighted by atomic mass is 10.2. The number of urea groups is 1. The van der Waals surface area contributed by atoms with Gasteiger partial charge in [0.05, 0.1) is 6.54 Å². The number of amides is 2. The first-order valence-electron chi connectivity index (χ1n) is 7.06. The Kier molecular flexibility index (Phi) is 5.62. The highest BCUT2D eigenvalue weighted by Crippen LogP contribution is 2.26. The largest absolute Gasteiger partial charge is 0.573 e. The van der Waals surface area contributed by atoms with Gasteiger partial charge in [-0.2, -0.15) is 0 Å². The summed E-state index contributed by atoms with van der Waals surface area (Å²) in [4.78, 5) is 17.3. The number of carbonyl (C=O) groups is 1. The molecule has 24 heavy (non-hydrogen) atoms. The van der Waals surface area contributed by atoms with Crippen molar-refractivity contribution in [2.24, 2.45) is 0 Å². The molecule has 0 bridgehead atoms. The molecule has 1 aromatic carbocycles. The number of benzene rings is 1. The van der Waals surface area contributed by atoms with Crippen LogP contribution in [0.3, 0.4) is 0 Å². The molecule has 0 aliphatic carbocycles. The van der Waals surface area contributed by atoms with Gasteiger partial charge in [-0.25, -0.2) is 4.79 Å². The Bertz CT molecular complexity index is 678. The van der Waals surface area contributed by atoms with E-state index in [-0.39, 0.29) is 24.4 Å². The van der Waals surface area contributed by atoms with Gasteiger partial charge >= 0.3 is 12.4 Å². The molecule has 1 aromatic heterocycles. The topological polar surface area (TPSA) is 54.5 Å². The zero-order valence-electron chi connectivity index (χ0n) is 12.9. The number of pyridine rings is 1. The van der Waals surface area contributed by atoms with Crippen molar-refractivity contribution in [2.75, 3.05) is 7.05 Å². The molecule has 0 spiro atoms. The molecule has 0 aliphatic rings. The third-order valence-electron chi connectivity index (χ3n) is 3.12. The van der Waals surface area contributed by atoms with Crippen molar-refractivity contribution in [1.29, 1.82) is 0 Å². The SMILES string of the molecule is CN(Cc1ccccc1OC(F)(F)F)C(=O)NCc1cccnc1. The maximum atomic E-state index is 12.4. The lowest BCUT2D eigenvalue weighted by molar-refractivity contribution is -0.275. The average Bonchev–Trinajstić information content (AvgIpc) is 2.54. The van der Waals surface area contributed by atoms with Crippen molar-refractivity contribution in [2.45, 2.75) is 19.5 Å². The number of hydrogen-bond donors (Lipinski definition) is 1. The first kappa shape index (κ1) is 17.6. The maximum absolute atomic E-state index is 12.4. The van der Waals surface area contributed by atoms with Gasteiger partial charge < -0.3 is 15.0 Å². The van der Waals surface area contributed by atoms with Gasteiger partial charge in [0.2, 0.25) is 0 Å². The van der Waals surface area contributed by atoms with Gasteiger partial charge in [-0.05, 0) is 17.7 Å². The molecule has 128 valence electrons. The average molecular weight is 339 g/mol. The van der Waals surface area contributed by atoms with Crippen molar-refractivity contribution in [1.82, 2.24) is 15.2 Å². The quantitative estimate of drug-likeness (QED) is 0.909. The number of ether oxygens (including phenoxy) is 1. The number of nitrogens with one attached hydrogen (secondary N) is 1. The van der Waals surface area contributed by atoms with Crippen molar-refractivity contribution in [3.8, 4) is 5.75 Å². The van der Waals surface area contributed by atoms with Crippen LogP contribution in [-0.4, -0.2) is 29.3 Å². The Hall–Kier alpha value is -2.77. The Morgan fingerprint density at radius 2 is 2.00 bits per heavy atom. The van der Waals surface area contributed by atoms with E-state index in [9.17, 15) is 18.0 Å². The van der Waals surface area contributed by atoms with E-state index in [1.807, 2.05) is 0 Å². The maximum Gasteiger partial charge on any atom is 0.573 e. The number of rotatable bonds is 5. The van der Waals surface area contributed by atoms with Crippen LogP contribution in [0.4, 0.5) is 18.0 Å². The summed E-state index contributed by atoms with van der Waals surface area (Å²) in [6.45, 7) is 0.253. The van der Waals surface area contributed by atoms with E-state index in [2.05, 4.69) is 15.0 Å². The summed E-state index contributed by atoms with van der Waals surface area (Å²) in [6.07, 6.45) is -1.54. The van der Waals surface area contributed by atoms with Crippen LogP contribution in [-0.2, 0) is 13.1 Å². The van der Waals surface area contributed by atoms with E-state index in [4.69, 9.17) is 0 Å². The minimum atomic E-state index is -4.78. The molecule has 0 saturated heterocycles. The number of nitrogens with zero attached hydrogens (tertiary/aromatic N) is 2. The first-order valence-corrected chi connectivity index (χ1v) is 7.06. The summed E-state index contributed by atoms with van der Waals surface area (Å²) < 4.78 is 41.2. The molecule has 8 heteroatoms. The molecular formula is C16H16F3N3O2. The highest BCUT2D eigenvalue weighted by molar-refractivity contribution is 5.73. The molecule has 5 nitrogen and oxygen atoms in total. The van der Waals surface area contributed by atoms with Crippen LogP contribution in [0.1, 0.15) is 11.1 Å². The lowest BCUT2D eigenvalue weighted by Gasteiger charge is -2.20. The van der Waals surface area contributed by atoms with Crippen LogP contribution < -0.4 is 10.1 Å². The Morgan fingerprint density at radius 3 is 2.67 bits per heavy atom. The minimum Gasteiger partial charge on any atom is -0.405 e. The molecule has 1 N–H and O–H groups in total. The molecule has 0 fully saturated rings. The second-order valence-corrected chi connectivity index (χ2v) is 5.03. The fourth-order valence-electron chi connectivity index (χ4n) is 2.00. The predicted octanol–water partition coefficient (Wildman–Crippen LogP) is 3.32. The Morgan fingerprint density at radius 1 is 1.25 bits per heavy atom. The molecule has 1 heterocycles. The fraction of sp³-hybridized carbons (Fsp3) is 0.250. The standard InChI is InChI=1S/C16H16F3N3O2/c1-22(15(23)21-10-12-5-4-8-20-9-12)11-13-6-2-3-7-14(13)24-16(17,18)19/h2-9H,10-11H2,1H3,(H,21,23). The van der Waals surface area contributed by atoms with E-state index in [1.165, 1.54) is 30.1 Å². The van der Waals surface area contributed by atoms with E-state index in [0.29, 0.717) is 0 Å². The van der Waals surface area contributed by atoms with Crippen molar-refractivity contribution in [3.63, 3.8) is 0 Å². The summed E-state index contributed by atoms with van der Waals surface area (Å²) in [5.74, 6) is -0.322. The second kappa shape index (κ2) is 7.67. The third kappa shape index (κ3) is 5.45. The normalized spacial score (nSPS) is 11.0. The summed E-state index contributed by atoms with van der Waals surface area (Å²) in [5.41, 5.74) is 1.08. The van der Waals surface area contributed by atoms with Crippen LogP contribution >= 0.6 is 0 Å². The second-order valence-electron chi connectivity index (χ2n) is 5.03. The molecule has 0 saturated carbocycles. The van der Waals surface area contributed by atoms with Crippen LogP contribution in [0.5, 0.6) is 5.75 Å². The molecule has 0 unspecified atom stereocenters. The summed E-state index contributed by atoms with van der Waals surface area (Å²) >= 11 is 0. The van der Waals surface area contributed by atoms with Crippen LogP contribution in [0.25, 0.3) is 0 Å². The monoisotopic (exact) mass is 339 g/mol. The van der Waals surface area contributed by atoms with Crippen LogP contribution in [0, 0.1) is 0 Å². The first-order chi connectivity index (χ1) is 11.3. The molecule has 2 aromatic rings. The summed E-state index contributed by atoms with van der Waals surface area (Å²) in [7, 11) is 1.49. The minimum absolute atomic E-state index is 0.0227. The molecule has 0 atom stereocenters. The van der Waals surface area contributed by atoms with E-state index in [0.717, 1.165) is 5.56 Å². The number of hydrogen-bond acceptors (Lipinski definition) is 3. The van der Waals surface area contributed by atoms with Gasteiger partial charge in [0.1, 0.15) is 5.75 Å². The van der Waals surface area contributed by atoms with Crippen molar-refractivity contribution < 1.29 is 22.7 Å². The number of halogens is 3. The number of alkyl halides is 3. The molecular weight excluding hydrogens is 323 g/mol. The molecule has 0 radical (unpaired) electrons. The number of aromatic nitrogens is 1. The highest BCUT2D eigenvalue weighted by atomic mass is 19.4. The predicted molar refractivity (Wildman–Crippen MR) is 81.1 cm³/mol. The van der Waals surface area contributed by atoms with Gasteiger partial charge in [0.25, 0.3) is 0 Å². The Balaban J connectivity index is 1.96. The van der Waals surface area contributed by atoms with Crippen molar-refractivity contribution >= 4 is 6.03 Å². The molecule has 0 aliphatic heterocycles. The van der Waals surface area contributed by atoms with Gasteiger partial charge in [-0.3, -0.25) is 4.98 Å². The van der Waals surface area contributed by atoms with Crippen molar-refractivity contribution in [3.05, 3.63) is 59.9 Å². The zero-order chi connectivity index (χ0) is 17.6. The number of para-hydroxylation sites is 1. The van der Waals surface area contributed by atoms with Gasteiger partial charge in [0, 0.05) is 31.5 Å². The van der Waals surface area contributed by atoms with Crippen LogP contribution in [0.2, 0.25) is 0 Å². The Labute approximate surface area is 137 Å². The number of carbonyl (C=O) groups excluding carboxylic acids is 1. The summed E-state index contributed by atoms with van der Waals surface area (Å²) in [6, 6.07) is 8.85. The van der Waals surface area contributed by atoms with Gasteiger partial charge in [-0.1, -0.05) is 24.3 Å². The van der Waals surface area contributed by atoms with E-state index < -0.39 is 12.4 Å². The van der Waals surface area contributed by atoms with Gasteiger partial charge in [-0.15, -0.1) is 13.2 Å². The highest BCUT2D eigenvalue weighted by Gasteiger charge is 2.32. The zero-order valence-corrected chi connectivity index (χ0v) is 12.9. The fourth-order valence-corrected chi connectivity index (χ4v) is 2.00. The lowest BCUT2D eigenvalue weighted by Crippen LogP contribution is -2.36. The van der Waals surface area contributed by atoms with E-state index in [1.54, 1.807) is 30.6 Å². The third-order valence-corrected chi connectivity index (χ3v) is 3.12.